The number of likely N-dealkylation sites (N-methyl/N-ethyl adjacent to an activating group) is 1. The van der Waals surface area contributed by atoms with Crippen molar-refractivity contribution in [2.24, 2.45) is 11.8 Å². The number of hydrogen-bond donors (Lipinski definition) is 4. The Labute approximate surface area is 389 Å². The van der Waals surface area contributed by atoms with E-state index < -0.39 is 17.5 Å². The maximum Gasteiger partial charge on any atom is 0.329 e. The van der Waals surface area contributed by atoms with Crippen molar-refractivity contribution < 1.29 is 34.1 Å². The Morgan fingerprint density at radius 3 is 2.35 bits per heavy atom. The summed E-state index contributed by atoms with van der Waals surface area (Å²) < 4.78 is 12.3. The number of aryl methyl sites for hydroxylation is 3. The fraction of sp³-hybridized carbons (Fsp3) is 0.407. The van der Waals surface area contributed by atoms with Gasteiger partial charge in [0.2, 0.25) is 0 Å². The van der Waals surface area contributed by atoms with Crippen LogP contribution in [0.25, 0.3) is 11.1 Å². The van der Waals surface area contributed by atoms with Crippen molar-refractivity contribution in [2.75, 3.05) is 32.1 Å². The number of benzene rings is 4. The van der Waals surface area contributed by atoms with Gasteiger partial charge in [-0.05, 0) is 166 Å². The van der Waals surface area contributed by atoms with Gasteiger partial charge in [0.25, 0.3) is 0 Å². The van der Waals surface area contributed by atoms with E-state index in [1.54, 1.807) is 19.2 Å². The molecule has 0 radical (unpaired) electrons. The zero-order valence-corrected chi connectivity index (χ0v) is 39.1. The van der Waals surface area contributed by atoms with Crippen molar-refractivity contribution in [2.45, 2.75) is 102 Å². The molecule has 3 aliphatic carbocycles. The number of carbonyl (C=O) groups is 3. The number of hydrogen-bond acceptors (Lipinski definition) is 8. The lowest BCUT2D eigenvalue weighted by atomic mass is 9.59. The molecule has 4 aromatic carbocycles. The van der Waals surface area contributed by atoms with E-state index in [1.165, 1.54) is 34.4 Å². The summed E-state index contributed by atoms with van der Waals surface area (Å²) >= 11 is 6.30. The van der Waals surface area contributed by atoms with Gasteiger partial charge in [-0.3, -0.25) is 14.6 Å². The van der Waals surface area contributed by atoms with E-state index >= 15 is 0 Å². The number of nitrogens with one attached hydrogen (secondary N) is 2. The standard InChI is InChI=1S/C44H49ClN2O5.C7H8.C3H7NO2/c1-28(27-52-40-14-19-46-39-9-4-6-30(3)41(39)40)22-33-23-32-12-11-31(37-26-36(51-21-20-48)13-10-29(37)2)24-38(32)43(33)15-17-44(18-16-43,42(49)50)47-35-8-5-7-34(45)25-35;1-7-5-3-2-4-6-7;1-4-2-3(5)6/h5,7-8,10-14,19-20,24-26,28,30,33,47H,4,6,9,15-18,21-23,27H2,1-3H3,(H,49,50);2-6H,1H3;4H,2H2,1H3,(H,5,6)/t28?,30-,33?,43?,44?;;/m1../s1. The highest BCUT2D eigenvalue weighted by atomic mass is 35.5. The molecule has 0 amide bonds. The molecular weight excluding hydrogens is 838 g/mol. The van der Waals surface area contributed by atoms with Crippen LogP contribution < -0.4 is 20.1 Å². The molecule has 0 bridgehead atoms. The number of aliphatic carboxylic acids is 2. The van der Waals surface area contributed by atoms with Crippen LogP contribution in [0.5, 0.6) is 11.5 Å². The number of aldehydes is 1. The van der Waals surface area contributed by atoms with Crippen LogP contribution in [0.4, 0.5) is 5.69 Å². The predicted octanol–water partition coefficient (Wildman–Crippen LogP) is 11.0. The van der Waals surface area contributed by atoms with Crippen molar-refractivity contribution in [3.05, 3.63) is 142 Å². The summed E-state index contributed by atoms with van der Waals surface area (Å²) in [6.45, 7) is 9.42. The first-order valence-electron chi connectivity index (χ1n) is 22.8. The summed E-state index contributed by atoms with van der Waals surface area (Å²) in [6.07, 6.45) is 10.4. The molecule has 344 valence electrons. The van der Waals surface area contributed by atoms with E-state index in [2.05, 4.69) is 73.6 Å². The van der Waals surface area contributed by atoms with Crippen LogP contribution in [0.1, 0.15) is 98.2 Å². The maximum absolute atomic E-state index is 13.1. The fourth-order valence-electron chi connectivity index (χ4n) is 10.1. The third-order valence-corrected chi connectivity index (χ3v) is 13.6. The molecule has 2 unspecified atom stereocenters. The molecule has 3 aliphatic rings. The lowest BCUT2D eigenvalue weighted by molar-refractivity contribution is -0.144. The first-order valence-corrected chi connectivity index (χ1v) is 23.2. The summed E-state index contributed by atoms with van der Waals surface area (Å²) in [6, 6.07) is 32.4. The number of carbonyl (C=O) groups excluding carboxylic acids is 1. The van der Waals surface area contributed by atoms with Crippen LogP contribution in [0.2, 0.25) is 5.02 Å². The van der Waals surface area contributed by atoms with Gasteiger partial charge in [-0.1, -0.05) is 91.7 Å². The number of anilines is 1. The quantitative estimate of drug-likeness (QED) is 0.0794. The van der Waals surface area contributed by atoms with Gasteiger partial charge in [0, 0.05) is 28.2 Å². The number of carboxylic acids is 2. The molecule has 3 atom stereocenters. The second-order valence-corrected chi connectivity index (χ2v) is 18.5. The van der Waals surface area contributed by atoms with E-state index in [4.69, 9.17) is 26.2 Å². The summed E-state index contributed by atoms with van der Waals surface area (Å²) in [7, 11) is 1.59. The minimum absolute atomic E-state index is 0.0105. The smallest absolute Gasteiger partial charge is 0.329 e. The second kappa shape index (κ2) is 22.5. The topological polar surface area (TPSA) is 147 Å². The molecule has 8 rings (SSSR count). The highest BCUT2D eigenvalue weighted by Crippen LogP contribution is 2.57. The number of halogens is 1. The van der Waals surface area contributed by atoms with E-state index in [-0.39, 0.29) is 18.6 Å². The minimum atomic E-state index is -1.09. The van der Waals surface area contributed by atoms with Gasteiger partial charge in [-0.15, -0.1) is 0 Å². The predicted molar refractivity (Wildman–Crippen MR) is 259 cm³/mol. The molecule has 1 spiro atoms. The number of fused-ring (bicyclic) bond motifs is 3. The van der Waals surface area contributed by atoms with E-state index in [1.807, 2.05) is 60.8 Å². The van der Waals surface area contributed by atoms with Gasteiger partial charge in [0.1, 0.15) is 23.6 Å². The van der Waals surface area contributed by atoms with Gasteiger partial charge >= 0.3 is 11.9 Å². The Morgan fingerprint density at radius 1 is 0.938 bits per heavy atom. The molecule has 0 saturated heterocycles. The maximum atomic E-state index is 13.1. The zero-order valence-electron chi connectivity index (χ0n) is 38.4. The summed E-state index contributed by atoms with van der Waals surface area (Å²) in [5, 5.41) is 25.0. The van der Waals surface area contributed by atoms with E-state index in [9.17, 15) is 19.5 Å². The Morgan fingerprint density at radius 2 is 1.71 bits per heavy atom. The van der Waals surface area contributed by atoms with Crippen LogP contribution in [0, 0.1) is 25.7 Å². The lowest BCUT2D eigenvalue weighted by Gasteiger charge is -2.47. The van der Waals surface area contributed by atoms with Gasteiger partial charge < -0.3 is 30.3 Å². The van der Waals surface area contributed by atoms with Gasteiger partial charge in [0.15, 0.2) is 6.29 Å². The zero-order chi connectivity index (χ0) is 46.6. The molecule has 0 aliphatic heterocycles. The van der Waals surface area contributed by atoms with Crippen LogP contribution >= 0.6 is 11.6 Å². The van der Waals surface area contributed by atoms with Crippen LogP contribution in [0.3, 0.4) is 0 Å². The molecule has 1 heterocycles. The van der Waals surface area contributed by atoms with Crippen molar-refractivity contribution in [1.82, 2.24) is 10.3 Å². The highest BCUT2D eigenvalue weighted by Gasteiger charge is 2.54. The third-order valence-electron chi connectivity index (χ3n) is 13.4. The molecule has 4 N–H and O–H groups in total. The third kappa shape index (κ3) is 12.2. The molecule has 1 fully saturated rings. The summed E-state index contributed by atoms with van der Waals surface area (Å²) in [5.41, 5.74) is 9.20. The van der Waals surface area contributed by atoms with Crippen molar-refractivity contribution in [3.63, 3.8) is 0 Å². The Kier molecular flexibility index (Phi) is 16.8. The SMILES string of the molecule is CNCC(=O)O.Cc1ccc(OCC=O)cc1-c1ccc2c(c1)C1(CCC(Nc3cccc(Cl)c3)(C(=O)O)CC1)C(CC(C)COc1ccnc3c1[C@H](C)CCC3)C2.Cc1ccccc1. The number of nitrogens with zero attached hydrogens (tertiary/aromatic N) is 1. The van der Waals surface area contributed by atoms with Crippen LogP contribution in [0.15, 0.2) is 103 Å². The van der Waals surface area contributed by atoms with Crippen molar-refractivity contribution in [3.8, 4) is 22.6 Å². The Bertz CT molecular complexity index is 2400. The molecule has 11 heteroatoms. The number of ether oxygens (including phenoxy) is 2. The normalized spacial score (nSPS) is 21.0. The largest absolute Gasteiger partial charge is 0.493 e. The highest BCUT2D eigenvalue weighted by molar-refractivity contribution is 6.30. The van der Waals surface area contributed by atoms with Gasteiger partial charge in [-0.25, -0.2) is 4.79 Å². The molecule has 1 saturated carbocycles. The number of rotatable bonds is 14. The van der Waals surface area contributed by atoms with Gasteiger partial charge in [0.05, 0.1) is 13.2 Å². The summed E-state index contributed by atoms with van der Waals surface area (Å²) in [4.78, 5) is 38.3. The van der Waals surface area contributed by atoms with Crippen molar-refractivity contribution >= 4 is 35.5 Å². The average Bonchev–Trinajstić information content (AvgIpc) is 3.57. The van der Waals surface area contributed by atoms with Crippen molar-refractivity contribution in [1.29, 1.82) is 0 Å². The first kappa shape index (κ1) is 48.7. The van der Waals surface area contributed by atoms with Crippen LogP contribution in [-0.4, -0.2) is 65.8 Å². The number of aromatic nitrogens is 1. The van der Waals surface area contributed by atoms with Gasteiger partial charge in [-0.2, -0.15) is 0 Å². The van der Waals surface area contributed by atoms with E-state index in [0.29, 0.717) is 48.0 Å². The molecule has 10 nitrogen and oxygen atoms in total. The summed E-state index contributed by atoms with van der Waals surface area (Å²) in [5.74, 6) is 1.07. The lowest BCUT2D eigenvalue weighted by Crippen LogP contribution is -2.53. The average molecular weight is 903 g/mol. The molecule has 65 heavy (non-hydrogen) atoms. The van der Waals surface area contributed by atoms with Crippen LogP contribution in [-0.2, 0) is 32.6 Å². The minimum Gasteiger partial charge on any atom is -0.493 e. The number of pyridine rings is 1. The molecular formula is C54H64ClN3O7. The first-order chi connectivity index (χ1) is 31.3. The van der Waals surface area contributed by atoms with E-state index in [0.717, 1.165) is 72.9 Å². The Hall–Kier alpha value is -5.71. The number of carboxylic acid groups (broad SMARTS) is 2. The monoisotopic (exact) mass is 901 g/mol. The fourth-order valence-corrected chi connectivity index (χ4v) is 10.3. The Balaban J connectivity index is 0.000000467. The second-order valence-electron chi connectivity index (χ2n) is 18.1. The molecule has 5 aromatic rings. The molecule has 1 aromatic heterocycles.